The number of carbonyl (C=O) groups excluding carboxylic acids is 1. The number of carbonyl (C=O) groups is 1. The Bertz CT molecular complexity index is 1150. The Hall–Kier alpha value is -3.61. The highest BCUT2D eigenvalue weighted by Crippen LogP contribution is 2.36. The summed E-state index contributed by atoms with van der Waals surface area (Å²) >= 11 is 0. The molecule has 0 unspecified atom stereocenters. The Labute approximate surface area is 161 Å². The van der Waals surface area contributed by atoms with Gasteiger partial charge in [-0.15, -0.1) is 0 Å². The van der Waals surface area contributed by atoms with Crippen LogP contribution in [0, 0.1) is 0 Å². The molecule has 3 aromatic heterocycles. The van der Waals surface area contributed by atoms with Crippen LogP contribution in [0.4, 0.5) is 0 Å². The van der Waals surface area contributed by atoms with Gasteiger partial charge in [0.05, 0.1) is 25.0 Å². The van der Waals surface area contributed by atoms with Gasteiger partial charge in [-0.2, -0.15) is 5.10 Å². The summed E-state index contributed by atoms with van der Waals surface area (Å²) in [5, 5.41) is 7.66. The van der Waals surface area contributed by atoms with Crippen molar-refractivity contribution in [3.05, 3.63) is 66.1 Å². The van der Waals surface area contributed by atoms with Crippen molar-refractivity contribution in [2.24, 2.45) is 0 Å². The average Bonchev–Trinajstić information content (AvgIpc) is 3.36. The maximum absolute atomic E-state index is 13.1. The van der Waals surface area contributed by atoms with Crippen molar-refractivity contribution >= 4 is 16.9 Å². The first-order chi connectivity index (χ1) is 13.7. The molecule has 7 nitrogen and oxygen atoms in total. The highest BCUT2D eigenvalue weighted by atomic mass is 16.5. The second-order valence-corrected chi connectivity index (χ2v) is 6.88. The van der Waals surface area contributed by atoms with E-state index < -0.39 is 0 Å². The zero-order valence-electron chi connectivity index (χ0n) is 15.3. The van der Waals surface area contributed by atoms with E-state index in [1.54, 1.807) is 19.5 Å². The number of amides is 1. The van der Waals surface area contributed by atoms with Gasteiger partial charge in [-0.1, -0.05) is 12.1 Å². The van der Waals surface area contributed by atoms with Crippen molar-refractivity contribution in [2.45, 2.75) is 12.5 Å². The van der Waals surface area contributed by atoms with Gasteiger partial charge in [0, 0.05) is 23.7 Å². The summed E-state index contributed by atoms with van der Waals surface area (Å²) in [5.74, 6) is 0.792. The Morgan fingerprint density at radius 2 is 2.18 bits per heavy atom. The van der Waals surface area contributed by atoms with Crippen LogP contribution < -0.4 is 4.74 Å². The van der Waals surface area contributed by atoms with E-state index in [1.807, 2.05) is 47.4 Å². The molecule has 1 aliphatic heterocycles. The molecule has 2 N–H and O–H groups in total. The van der Waals surface area contributed by atoms with E-state index in [0.29, 0.717) is 11.3 Å². The van der Waals surface area contributed by atoms with Crippen molar-refractivity contribution in [2.75, 3.05) is 13.7 Å². The molecule has 4 aromatic rings. The van der Waals surface area contributed by atoms with Crippen LogP contribution in [0.5, 0.6) is 5.75 Å². The van der Waals surface area contributed by atoms with Gasteiger partial charge in [-0.25, -0.2) is 4.98 Å². The monoisotopic (exact) mass is 373 g/mol. The number of hydrogen-bond acceptors (Lipinski definition) is 4. The predicted octanol–water partition coefficient (Wildman–Crippen LogP) is 3.55. The maximum atomic E-state index is 13.1. The van der Waals surface area contributed by atoms with E-state index >= 15 is 0 Å². The van der Waals surface area contributed by atoms with Crippen LogP contribution in [0.25, 0.3) is 22.3 Å². The van der Waals surface area contributed by atoms with Gasteiger partial charge in [0.25, 0.3) is 5.91 Å². The number of nitrogens with zero attached hydrogens (tertiary/aromatic N) is 3. The fourth-order valence-electron chi connectivity index (χ4n) is 3.65. The molecule has 1 fully saturated rings. The third-order valence-electron chi connectivity index (χ3n) is 5.26. The standard InChI is InChI=1S/C21H19N5O2/c1-28-16-4-2-3-13(9-16)19-7-8-26(19)21(27)18-10-14-5-6-17(24-20(14)25-18)15-11-22-23-12-15/h2-6,9-12,19H,7-8H2,1H3,(H,22,23)(H,24,25)/t19-/m1/s1. The molecule has 0 spiro atoms. The molecule has 1 aromatic carbocycles. The summed E-state index contributed by atoms with van der Waals surface area (Å²) < 4.78 is 5.31. The smallest absolute Gasteiger partial charge is 0.270 e. The van der Waals surface area contributed by atoms with E-state index in [1.165, 1.54) is 0 Å². The summed E-state index contributed by atoms with van der Waals surface area (Å²) in [4.78, 5) is 22.8. The number of nitrogens with one attached hydrogen (secondary N) is 2. The third-order valence-corrected chi connectivity index (χ3v) is 5.26. The first kappa shape index (κ1) is 16.6. The minimum absolute atomic E-state index is 0.0121. The van der Waals surface area contributed by atoms with Gasteiger partial charge in [-0.3, -0.25) is 9.89 Å². The fraction of sp³-hybridized carbons (Fsp3) is 0.190. The van der Waals surface area contributed by atoms with Gasteiger partial charge >= 0.3 is 0 Å². The van der Waals surface area contributed by atoms with Crippen LogP contribution >= 0.6 is 0 Å². The first-order valence-corrected chi connectivity index (χ1v) is 9.17. The highest BCUT2D eigenvalue weighted by Gasteiger charge is 2.34. The molecular weight excluding hydrogens is 354 g/mol. The van der Waals surface area contributed by atoms with Crippen LogP contribution in [0.2, 0.25) is 0 Å². The van der Waals surface area contributed by atoms with Crippen molar-refractivity contribution in [3.8, 4) is 17.0 Å². The number of ether oxygens (including phenoxy) is 1. The number of aromatic amines is 2. The number of pyridine rings is 1. The van der Waals surface area contributed by atoms with E-state index in [2.05, 4.69) is 20.2 Å². The molecular formula is C21H19N5O2. The highest BCUT2D eigenvalue weighted by molar-refractivity contribution is 5.98. The number of hydrogen-bond donors (Lipinski definition) is 2. The number of likely N-dealkylation sites (tertiary alicyclic amines) is 1. The molecule has 1 aliphatic rings. The molecule has 7 heteroatoms. The molecule has 0 saturated carbocycles. The van der Waals surface area contributed by atoms with Crippen LogP contribution in [0.1, 0.15) is 28.5 Å². The second-order valence-electron chi connectivity index (χ2n) is 6.88. The van der Waals surface area contributed by atoms with Crippen LogP contribution in [-0.2, 0) is 0 Å². The zero-order chi connectivity index (χ0) is 19.1. The SMILES string of the molecule is COc1cccc([C@H]2CCN2C(=O)c2cc3ccc(-c4cn[nH]c4)nc3[nH]2)c1. The molecule has 1 amide bonds. The molecule has 0 aliphatic carbocycles. The maximum Gasteiger partial charge on any atom is 0.270 e. The molecule has 4 heterocycles. The Balaban J connectivity index is 1.42. The van der Waals surface area contributed by atoms with Gasteiger partial charge in [0.15, 0.2) is 0 Å². The predicted molar refractivity (Wildman–Crippen MR) is 105 cm³/mol. The molecule has 1 saturated heterocycles. The molecule has 1 atom stereocenters. The lowest BCUT2D eigenvalue weighted by molar-refractivity contribution is 0.0454. The van der Waals surface area contributed by atoms with Crippen molar-refractivity contribution in [3.63, 3.8) is 0 Å². The average molecular weight is 373 g/mol. The van der Waals surface area contributed by atoms with Crippen LogP contribution in [0.15, 0.2) is 54.9 Å². The van der Waals surface area contributed by atoms with E-state index in [-0.39, 0.29) is 11.9 Å². The molecule has 5 rings (SSSR count). The Morgan fingerprint density at radius 3 is 2.93 bits per heavy atom. The second kappa shape index (κ2) is 6.53. The summed E-state index contributed by atoms with van der Waals surface area (Å²) in [6.45, 7) is 0.740. The van der Waals surface area contributed by atoms with Gasteiger partial charge in [0.2, 0.25) is 0 Å². The number of methoxy groups -OCH3 is 1. The van der Waals surface area contributed by atoms with E-state index in [9.17, 15) is 4.79 Å². The Morgan fingerprint density at radius 1 is 1.25 bits per heavy atom. The van der Waals surface area contributed by atoms with Crippen LogP contribution in [-0.4, -0.2) is 44.6 Å². The zero-order valence-corrected chi connectivity index (χ0v) is 15.3. The number of fused-ring (bicyclic) bond motifs is 1. The van der Waals surface area contributed by atoms with E-state index in [0.717, 1.165) is 40.9 Å². The summed E-state index contributed by atoms with van der Waals surface area (Å²) in [6.07, 6.45) is 4.46. The number of H-pyrrole nitrogens is 2. The minimum atomic E-state index is -0.0121. The van der Waals surface area contributed by atoms with Crippen molar-refractivity contribution in [1.82, 2.24) is 25.1 Å². The summed E-state index contributed by atoms with van der Waals surface area (Å²) in [6, 6.07) is 13.7. The summed E-state index contributed by atoms with van der Waals surface area (Å²) in [7, 11) is 1.65. The molecule has 0 bridgehead atoms. The number of rotatable bonds is 4. The summed E-state index contributed by atoms with van der Waals surface area (Å²) in [5.41, 5.74) is 4.06. The third kappa shape index (κ3) is 2.72. The fourth-order valence-corrected chi connectivity index (χ4v) is 3.65. The van der Waals surface area contributed by atoms with Crippen molar-refractivity contribution < 1.29 is 9.53 Å². The topological polar surface area (TPSA) is 86.9 Å². The lowest BCUT2D eigenvalue weighted by Gasteiger charge is -2.41. The lowest BCUT2D eigenvalue weighted by Crippen LogP contribution is -2.45. The number of aromatic nitrogens is 4. The molecule has 0 radical (unpaired) electrons. The molecule has 140 valence electrons. The van der Waals surface area contributed by atoms with Crippen LogP contribution in [0.3, 0.4) is 0 Å². The van der Waals surface area contributed by atoms with Gasteiger partial charge in [0.1, 0.15) is 17.1 Å². The quantitative estimate of drug-likeness (QED) is 0.573. The van der Waals surface area contributed by atoms with Gasteiger partial charge < -0.3 is 14.6 Å². The normalized spacial score (nSPS) is 16.2. The van der Waals surface area contributed by atoms with Crippen molar-refractivity contribution in [1.29, 1.82) is 0 Å². The van der Waals surface area contributed by atoms with Gasteiger partial charge in [-0.05, 0) is 42.3 Å². The van der Waals surface area contributed by atoms with E-state index in [4.69, 9.17) is 4.74 Å². The largest absolute Gasteiger partial charge is 0.497 e. The molecule has 28 heavy (non-hydrogen) atoms. The first-order valence-electron chi connectivity index (χ1n) is 9.17. The minimum Gasteiger partial charge on any atom is -0.497 e. The number of benzene rings is 1. The lowest BCUT2D eigenvalue weighted by atomic mass is 9.94. The Kier molecular flexibility index (Phi) is 3.86.